The summed E-state index contributed by atoms with van der Waals surface area (Å²) in [6.07, 6.45) is 1.04. The molecule has 0 spiro atoms. The van der Waals surface area contributed by atoms with Gasteiger partial charge in [0.25, 0.3) is 0 Å². The highest BCUT2D eigenvalue weighted by atomic mass is 32.2. The molecule has 0 fully saturated rings. The average molecular weight is 462 g/mol. The van der Waals surface area contributed by atoms with Crippen LogP contribution in [0.25, 0.3) is 0 Å². The molecular formula is C23H31N3O5S. The van der Waals surface area contributed by atoms with Crippen LogP contribution in [-0.2, 0) is 26.2 Å². The predicted molar refractivity (Wildman–Crippen MR) is 125 cm³/mol. The highest BCUT2D eigenvalue weighted by Crippen LogP contribution is 2.22. The van der Waals surface area contributed by atoms with E-state index < -0.39 is 28.5 Å². The van der Waals surface area contributed by atoms with Crippen molar-refractivity contribution >= 4 is 27.5 Å². The van der Waals surface area contributed by atoms with Crippen molar-refractivity contribution in [3.8, 4) is 5.75 Å². The maximum absolute atomic E-state index is 13.3. The van der Waals surface area contributed by atoms with E-state index in [1.54, 1.807) is 31.2 Å². The number of benzene rings is 2. The van der Waals surface area contributed by atoms with E-state index in [2.05, 4.69) is 5.32 Å². The minimum atomic E-state index is -3.76. The number of methoxy groups -OCH3 is 1. The Balaban J connectivity index is 2.35. The first-order chi connectivity index (χ1) is 15.0. The molecule has 0 saturated heterocycles. The summed E-state index contributed by atoms with van der Waals surface area (Å²) in [4.78, 5) is 27.4. The molecule has 0 aromatic heterocycles. The van der Waals surface area contributed by atoms with Crippen molar-refractivity contribution in [1.29, 1.82) is 0 Å². The van der Waals surface area contributed by atoms with Crippen LogP contribution in [0.4, 0.5) is 5.69 Å². The van der Waals surface area contributed by atoms with Crippen molar-refractivity contribution in [2.24, 2.45) is 0 Å². The Morgan fingerprint density at radius 2 is 1.59 bits per heavy atom. The SMILES string of the molecule is COc1ccc(N(CC(=O)N(Cc2ccccc2)C(C)C(=O)NC(C)C)S(C)(=O)=O)cc1. The number of carbonyl (C=O) groups excluding carboxylic acids is 2. The van der Waals surface area contributed by atoms with Crippen molar-refractivity contribution in [3.05, 3.63) is 60.2 Å². The number of hydrogen-bond acceptors (Lipinski definition) is 5. The van der Waals surface area contributed by atoms with Crippen molar-refractivity contribution in [2.45, 2.75) is 39.4 Å². The second-order valence-corrected chi connectivity index (χ2v) is 9.72. The third kappa shape index (κ3) is 6.98. The van der Waals surface area contributed by atoms with Crippen molar-refractivity contribution in [1.82, 2.24) is 10.2 Å². The lowest BCUT2D eigenvalue weighted by atomic mass is 10.1. The zero-order valence-corrected chi connectivity index (χ0v) is 19.9. The Labute approximate surface area is 190 Å². The molecule has 0 aliphatic carbocycles. The molecule has 0 aliphatic heterocycles. The van der Waals surface area contributed by atoms with E-state index in [-0.39, 0.29) is 18.5 Å². The van der Waals surface area contributed by atoms with Gasteiger partial charge in [-0.1, -0.05) is 30.3 Å². The highest BCUT2D eigenvalue weighted by Gasteiger charge is 2.30. The fraction of sp³-hybridized carbons (Fsp3) is 0.391. The topological polar surface area (TPSA) is 96.0 Å². The average Bonchev–Trinajstić information content (AvgIpc) is 2.74. The van der Waals surface area contributed by atoms with Crippen LogP contribution in [-0.4, -0.2) is 57.1 Å². The molecule has 0 heterocycles. The number of nitrogens with zero attached hydrogens (tertiary/aromatic N) is 2. The van der Waals surface area contributed by atoms with Crippen LogP contribution in [0.2, 0.25) is 0 Å². The molecule has 0 saturated carbocycles. The van der Waals surface area contributed by atoms with Gasteiger partial charge in [0.05, 0.1) is 19.1 Å². The lowest BCUT2D eigenvalue weighted by molar-refractivity contribution is -0.139. The number of rotatable bonds is 10. The monoisotopic (exact) mass is 461 g/mol. The largest absolute Gasteiger partial charge is 0.497 e. The number of hydrogen-bond donors (Lipinski definition) is 1. The zero-order valence-electron chi connectivity index (χ0n) is 19.1. The summed E-state index contributed by atoms with van der Waals surface area (Å²) in [6, 6.07) is 14.8. The summed E-state index contributed by atoms with van der Waals surface area (Å²) in [6.45, 7) is 5.05. The fourth-order valence-corrected chi connectivity index (χ4v) is 3.98. The van der Waals surface area contributed by atoms with Crippen LogP contribution < -0.4 is 14.4 Å². The molecule has 0 bridgehead atoms. The van der Waals surface area contributed by atoms with Crippen LogP contribution >= 0.6 is 0 Å². The molecule has 0 aliphatic rings. The summed E-state index contributed by atoms with van der Waals surface area (Å²) < 4.78 is 31.1. The van der Waals surface area contributed by atoms with Gasteiger partial charge in [-0.2, -0.15) is 0 Å². The van der Waals surface area contributed by atoms with Gasteiger partial charge in [-0.3, -0.25) is 13.9 Å². The summed E-state index contributed by atoms with van der Waals surface area (Å²) in [7, 11) is -2.25. The van der Waals surface area contributed by atoms with E-state index in [1.165, 1.54) is 12.0 Å². The molecule has 174 valence electrons. The van der Waals surface area contributed by atoms with E-state index in [1.807, 2.05) is 44.2 Å². The molecule has 2 aromatic carbocycles. The Hall–Kier alpha value is -3.07. The molecule has 1 unspecified atom stereocenters. The van der Waals surface area contributed by atoms with Crippen LogP contribution in [0.15, 0.2) is 54.6 Å². The normalized spacial score (nSPS) is 12.2. The predicted octanol–water partition coefficient (Wildman–Crippen LogP) is 2.40. The Kier molecular flexibility index (Phi) is 8.65. The molecule has 2 rings (SSSR count). The first-order valence-electron chi connectivity index (χ1n) is 10.3. The van der Waals surface area contributed by atoms with Crippen LogP contribution in [0.1, 0.15) is 26.3 Å². The van der Waals surface area contributed by atoms with Gasteiger partial charge in [0.2, 0.25) is 21.8 Å². The number of amides is 2. The number of carbonyl (C=O) groups is 2. The quantitative estimate of drug-likeness (QED) is 0.586. The van der Waals surface area contributed by atoms with Crippen molar-refractivity contribution in [2.75, 3.05) is 24.2 Å². The molecule has 1 atom stereocenters. The zero-order chi connectivity index (χ0) is 23.9. The lowest BCUT2D eigenvalue weighted by Crippen LogP contribution is -2.52. The Bertz CT molecular complexity index is 1010. The van der Waals surface area contributed by atoms with Gasteiger partial charge in [0, 0.05) is 12.6 Å². The minimum Gasteiger partial charge on any atom is -0.497 e. The van der Waals surface area contributed by atoms with E-state index in [0.717, 1.165) is 16.1 Å². The second-order valence-electron chi connectivity index (χ2n) is 7.81. The molecule has 8 nitrogen and oxygen atoms in total. The molecule has 0 radical (unpaired) electrons. The molecule has 9 heteroatoms. The smallest absolute Gasteiger partial charge is 0.244 e. The maximum atomic E-state index is 13.3. The summed E-state index contributed by atoms with van der Waals surface area (Å²) in [5.74, 6) is -0.223. The lowest BCUT2D eigenvalue weighted by Gasteiger charge is -2.31. The van der Waals surface area contributed by atoms with Crippen molar-refractivity contribution < 1.29 is 22.7 Å². The van der Waals surface area contributed by atoms with Crippen LogP contribution in [0, 0.1) is 0 Å². The van der Waals surface area contributed by atoms with Gasteiger partial charge in [0.1, 0.15) is 18.3 Å². The number of ether oxygens (including phenoxy) is 1. The van der Waals surface area contributed by atoms with Gasteiger partial charge in [-0.25, -0.2) is 8.42 Å². The minimum absolute atomic E-state index is 0.0922. The van der Waals surface area contributed by atoms with Crippen molar-refractivity contribution in [3.63, 3.8) is 0 Å². The van der Waals surface area contributed by atoms with E-state index in [9.17, 15) is 18.0 Å². The molecule has 2 amide bonds. The Morgan fingerprint density at radius 1 is 1.00 bits per heavy atom. The number of sulfonamides is 1. The van der Waals surface area contributed by atoms with Gasteiger partial charge in [0.15, 0.2) is 0 Å². The maximum Gasteiger partial charge on any atom is 0.244 e. The standard InChI is InChI=1S/C23H31N3O5S/c1-17(2)24-23(28)18(3)25(15-19-9-7-6-8-10-19)22(27)16-26(32(5,29)30)20-11-13-21(31-4)14-12-20/h6-14,17-18H,15-16H2,1-5H3,(H,24,28). The molecule has 1 N–H and O–H groups in total. The van der Waals surface area contributed by atoms with Gasteiger partial charge in [-0.15, -0.1) is 0 Å². The summed E-state index contributed by atoms with van der Waals surface area (Å²) in [5.41, 5.74) is 1.17. The second kappa shape index (κ2) is 11.0. The molecule has 2 aromatic rings. The molecular weight excluding hydrogens is 430 g/mol. The third-order valence-corrected chi connectivity index (χ3v) is 5.97. The summed E-state index contributed by atoms with van der Waals surface area (Å²) >= 11 is 0. The highest BCUT2D eigenvalue weighted by molar-refractivity contribution is 7.92. The number of anilines is 1. The van der Waals surface area contributed by atoms with Gasteiger partial charge < -0.3 is 15.0 Å². The van der Waals surface area contributed by atoms with Crippen LogP contribution in [0.3, 0.4) is 0 Å². The third-order valence-electron chi connectivity index (χ3n) is 4.83. The Morgan fingerprint density at radius 3 is 2.09 bits per heavy atom. The fourth-order valence-electron chi connectivity index (χ4n) is 3.13. The van der Waals surface area contributed by atoms with Gasteiger partial charge >= 0.3 is 0 Å². The molecule has 32 heavy (non-hydrogen) atoms. The van der Waals surface area contributed by atoms with Crippen LogP contribution in [0.5, 0.6) is 5.75 Å². The van der Waals surface area contributed by atoms with E-state index in [4.69, 9.17) is 4.74 Å². The first-order valence-corrected chi connectivity index (χ1v) is 12.1. The number of nitrogens with one attached hydrogen (secondary N) is 1. The summed E-state index contributed by atoms with van der Waals surface area (Å²) in [5, 5.41) is 2.81. The van der Waals surface area contributed by atoms with Gasteiger partial charge in [-0.05, 0) is 50.6 Å². The van der Waals surface area contributed by atoms with E-state index >= 15 is 0 Å². The first kappa shape index (κ1) is 25.2. The van der Waals surface area contributed by atoms with E-state index in [0.29, 0.717) is 11.4 Å².